The highest BCUT2D eigenvalue weighted by Gasteiger charge is 2.18. The van der Waals surface area contributed by atoms with Gasteiger partial charge in [0.1, 0.15) is 0 Å². The molecule has 0 spiro atoms. The van der Waals surface area contributed by atoms with E-state index in [9.17, 15) is 9.59 Å². The van der Waals surface area contributed by atoms with Crippen LogP contribution < -0.4 is 11.1 Å². The highest BCUT2D eigenvalue weighted by molar-refractivity contribution is 6.04. The van der Waals surface area contributed by atoms with Crippen LogP contribution in [0.15, 0.2) is 53.4 Å². The van der Waals surface area contributed by atoms with E-state index in [-0.39, 0.29) is 18.4 Å². The van der Waals surface area contributed by atoms with Crippen molar-refractivity contribution < 1.29 is 14.1 Å². The van der Waals surface area contributed by atoms with Crippen molar-refractivity contribution in [2.24, 2.45) is 5.73 Å². The summed E-state index contributed by atoms with van der Waals surface area (Å²) in [6.07, 6.45) is 2.12. The Kier molecular flexibility index (Phi) is 4.86. The van der Waals surface area contributed by atoms with Crippen molar-refractivity contribution in [1.82, 2.24) is 15.0 Å². The molecule has 0 fully saturated rings. The third-order valence-corrected chi connectivity index (χ3v) is 4.70. The molecule has 2 amide bonds. The number of aromatic nitrogens is 2. The third-order valence-electron chi connectivity index (χ3n) is 4.70. The zero-order valence-corrected chi connectivity index (χ0v) is 15.1. The van der Waals surface area contributed by atoms with Crippen LogP contribution >= 0.6 is 0 Å². The van der Waals surface area contributed by atoms with Crippen LogP contribution in [0, 0.1) is 0 Å². The van der Waals surface area contributed by atoms with Gasteiger partial charge in [-0.3, -0.25) is 14.5 Å². The third kappa shape index (κ3) is 3.91. The van der Waals surface area contributed by atoms with Crippen molar-refractivity contribution in [3.05, 3.63) is 65.5 Å². The van der Waals surface area contributed by atoms with Crippen LogP contribution in [0.5, 0.6) is 0 Å². The van der Waals surface area contributed by atoms with Gasteiger partial charge in [-0.15, -0.1) is 0 Å². The van der Waals surface area contributed by atoms with Gasteiger partial charge in [0.15, 0.2) is 0 Å². The Balaban J connectivity index is 1.45. The molecule has 142 valence electrons. The number of carbonyl (C=O) groups is 2. The van der Waals surface area contributed by atoms with Crippen molar-refractivity contribution in [2.75, 3.05) is 18.4 Å². The molecule has 0 saturated carbocycles. The SMILES string of the molecule is NC(=O)CN1CCc2ccc(NC(=O)c3ccc(-c4ncon4)cc3)cc2C1. The van der Waals surface area contributed by atoms with E-state index >= 15 is 0 Å². The number of primary amides is 1. The van der Waals surface area contributed by atoms with E-state index in [2.05, 4.69) is 15.5 Å². The quantitative estimate of drug-likeness (QED) is 0.701. The summed E-state index contributed by atoms with van der Waals surface area (Å²) >= 11 is 0. The molecule has 3 aromatic rings. The van der Waals surface area contributed by atoms with E-state index in [1.54, 1.807) is 24.3 Å². The second kappa shape index (κ2) is 7.61. The molecule has 0 saturated heterocycles. The van der Waals surface area contributed by atoms with Crippen LogP contribution in [-0.4, -0.2) is 39.9 Å². The molecule has 28 heavy (non-hydrogen) atoms. The van der Waals surface area contributed by atoms with Gasteiger partial charge in [-0.2, -0.15) is 4.98 Å². The number of benzene rings is 2. The Morgan fingerprint density at radius 1 is 1.14 bits per heavy atom. The number of amides is 2. The predicted octanol–water partition coefficient (Wildman–Crippen LogP) is 1.83. The first-order valence-electron chi connectivity index (χ1n) is 8.89. The molecule has 1 aliphatic heterocycles. The van der Waals surface area contributed by atoms with E-state index in [1.807, 2.05) is 23.1 Å². The summed E-state index contributed by atoms with van der Waals surface area (Å²) in [5.74, 6) is -0.0660. The van der Waals surface area contributed by atoms with Gasteiger partial charge in [0.2, 0.25) is 18.1 Å². The molecule has 8 nitrogen and oxygen atoms in total. The lowest BCUT2D eigenvalue weighted by Gasteiger charge is -2.28. The van der Waals surface area contributed by atoms with E-state index in [4.69, 9.17) is 10.3 Å². The highest BCUT2D eigenvalue weighted by Crippen LogP contribution is 2.23. The summed E-state index contributed by atoms with van der Waals surface area (Å²) in [5.41, 5.74) is 9.63. The average molecular weight is 377 g/mol. The number of nitrogens with one attached hydrogen (secondary N) is 1. The van der Waals surface area contributed by atoms with Gasteiger partial charge in [0.05, 0.1) is 6.54 Å². The molecule has 2 heterocycles. The molecule has 0 radical (unpaired) electrons. The maximum absolute atomic E-state index is 12.6. The molecule has 3 N–H and O–H groups in total. The Hall–Kier alpha value is -3.52. The minimum atomic E-state index is -0.336. The summed E-state index contributed by atoms with van der Waals surface area (Å²) < 4.78 is 4.73. The van der Waals surface area contributed by atoms with Gasteiger partial charge in [-0.1, -0.05) is 23.4 Å². The molecule has 0 unspecified atom stereocenters. The lowest BCUT2D eigenvalue weighted by molar-refractivity contribution is -0.119. The fourth-order valence-corrected chi connectivity index (χ4v) is 3.32. The minimum Gasteiger partial charge on any atom is -0.369 e. The summed E-state index contributed by atoms with van der Waals surface area (Å²) in [6.45, 7) is 1.68. The number of hydrogen-bond donors (Lipinski definition) is 2. The summed E-state index contributed by atoms with van der Waals surface area (Å²) in [7, 11) is 0. The van der Waals surface area contributed by atoms with E-state index in [1.165, 1.54) is 12.0 Å². The first-order chi connectivity index (χ1) is 13.6. The maximum Gasteiger partial charge on any atom is 0.255 e. The van der Waals surface area contributed by atoms with E-state index in [0.29, 0.717) is 23.6 Å². The largest absolute Gasteiger partial charge is 0.369 e. The average Bonchev–Trinajstić information content (AvgIpc) is 3.22. The summed E-state index contributed by atoms with van der Waals surface area (Å²) in [6, 6.07) is 12.8. The number of nitrogens with zero attached hydrogens (tertiary/aromatic N) is 3. The van der Waals surface area contributed by atoms with Crippen molar-refractivity contribution in [2.45, 2.75) is 13.0 Å². The molecule has 1 aromatic heterocycles. The zero-order valence-electron chi connectivity index (χ0n) is 15.1. The summed E-state index contributed by atoms with van der Waals surface area (Å²) in [4.78, 5) is 29.7. The molecule has 2 aromatic carbocycles. The van der Waals surface area contributed by atoms with Gasteiger partial charge in [-0.05, 0) is 41.8 Å². The minimum absolute atomic E-state index is 0.204. The van der Waals surface area contributed by atoms with Crippen molar-refractivity contribution >= 4 is 17.5 Å². The lowest BCUT2D eigenvalue weighted by atomic mass is 9.99. The Bertz CT molecular complexity index is 999. The fourth-order valence-electron chi connectivity index (χ4n) is 3.32. The highest BCUT2D eigenvalue weighted by atomic mass is 16.5. The second-order valence-electron chi connectivity index (χ2n) is 6.70. The van der Waals surface area contributed by atoms with Gasteiger partial charge in [0, 0.05) is 29.9 Å². The number of hydrogen-bond acceptors (Lipinski definition) is 6. The first-order valence-corrected chi connectivity index (χ1v) is 8.89. The molecular formula is C20H19N5O3. The van der Waals surface area contributed by atoms with Crippen molar-refractivity contribution in [1.29, 1.82) is 0 Å². The smallest absolute Gasteiger partial charge is 0.255 e. The number of rotatable bonds is 5. The van der Waals surface area contributed by atoms with Gasteiger partial charge in [-0.25, -0.2) is 0 Å². The molecule has 8 heteroatoms. The van der Waals surface area contributed by atoms with Crippen molar-refractivity contribution in [3.8, 4) is 11.4 Å². The Morgan fingerprint density at radius 3 is 2.68 bits per heavy atom. The van der Waals surface area contributed by atoms with Crippen LogP contribution in [0.25, 0.3) is 11.4 Å². The molecule has 0 aliphatic carbocycles. The first kappa shape index (κ1) is 17.9. The molecule has 4 rings (SSSR count). The number of nitrogens with two attached hydrogens (primary N) is 1. The molecule has 0 atom stereocenters. The Morgan fingerprint density at radius 2 is 1.96 bits per heavy atom. The number of carbonyl (C=O) groups excluding carboxylic acids is 2. The topological polar surface area (TPSA) is 114 Å². The monoisotopic (exact) mass is 377 g/mol. The normalized spacial score (nSPS) is 13.7. The second-order valence-corrected chi connectivity index (χ2v) is 6.70. The van der Waals surface area contributed by atoms with Crippen LogP contribution in [0.4, 0.5) is 5.69 Å². The van der Waals surface area contributed by atoms with Crippen LogP contribution in [-0.2, 0) is 17.8 Å². The van der Waals surface area contributed by atoms with Crippen LogP contribution in [0.2, 0.25) is 0 Å². The standard InChI is InChI=1S/C20H19N5O3/c21-18(26)11-25-8-7-13-5-6-17(9-16(13)10-25)23-20(27)15-3-1-14(2-4-15)19-22-12-28-24-19/h1-6,9,12H,7-8,10-11H2,(H2,21,26)(H,23,27). The number of fused-ring (bicyclic) bond motifs is 1. The fraction of sp³-hybridized carbons (Fsp3) is 0.200. The van der Waals surface area contributed by atoms with Crippen LogP contribution in [0.1, 0.15) is 21.5 Å². The van der Waals surface area contributed by atoms with Crippen LogP contribution in [0.3, 0.4) is 0 Å². The predicted molar refractivity (Wildman–Crippen MR) is 102 cm³/mol. The van der Waals surface area contributed by atoms with E-state index < -0.39 is 0 Å². The molecular weight excluding hydrogens is 358 g/mol. The number of anilines is 1. The Labute approximate surface area is 161 Å². The summed E-state index contributed by atoms with van der Waals surface area (Å²) in [5, 5.41) is 6.69. The van der Waals surface area contributed by atoms with Gasteiger partial charge in [0.25, 0.3) is 5.91 Å². The lowest BCUT2D eigenvalue weighted by Crippen LogP contribution is -2.37. The van der Waals surface area contributed by atoms with Gasteiger partial charge < -0.3 is 15.6 Å². The molecule has 1 aliphatic rings. The molecule has 0 bridgehead atoms. The zero-order chi connectivity index (χ0) is 19.5. The van der Waals surface area contributed by atoms with Gasteiger partial charge >= 0.3 is 0 Å². The van der Waals surface area contributed by atoms with Crippen molar-refractivity contribution in [3.63, 3.8) is 0 Å². The van der Waals surface area contributed by atoms with E-state index in [0.717, 1.165) is 24.1 Å². The maximum atomic E-state index is 12.6.